The van der Waals surface area contributed by atoms with Gasteiger partial charge in [-0.1, -0.05) is 41.9 Å². The molecule has 3 aromatic rings. The van der Waals surface area contributed by atoms with Crippen LogP contribution in [0.5, 0.6) is 5.75 Å². The quantitative estimate of drug-likeness (QED) is 0.564. The number of aromatic nitrogens is 1. The van der Waals surface area contributed by atoms with Crippen LogP contribution >= 0.6 is 11.6 Å². The van der Waals surface area contributed by atoms with Gasteiger partial charge in [0.05, 0.1) is 17.8 Å². The monoisotopic (exact) mass is 403 g/mol. The third-order valence-electron chi connectivity index (χ3n) is 3.89. The number of esters is 1. The molecule has 5 nitrogen and oxygen atoms in total. The highest BCUT2D eigenvalue weighted by Crippen LogP contribution is 2.36. The molecular weight excluding hydrogens is 390 g/mol. The molecule has 0 fully saturated rings. The third kappa shape index (κ3) is 3.89. The fourth-order valence-electron chi connectivity index (χ4n) is 2.51. The van der Waals surface area contributed by atoms with E-state index < -0.39 is 29.0 Å². The minimum absolute atomic E-state index is 0.00585. The number of nitrogens with zero attached hydrogens (tertiary/aromatic N) is 1. The van der Waals surface area contributed by atoms with Crippen LogP contribution in [0.2, 0.25) is 5.02 Å². The number of carbonyl (C=O) groups is 1. The fourth-order valence-corrected chi connectivity index (χ4v) is 2.74. The number of pyridine rings is 1. The number of hydrogen-bond donors (Lipinski definition) is 0. The molecule has 8 heteroatoms. The van der Waals surface area contributed by atoms with Gasteiger partial charge in [0.2, 0.25) is 0 Å². The SMILES string of the molecule is COc1c(Cl)ccc(-c2nc(C(=O)OCc3ccccc3)cc([NH])c2F)c1F. The molecule has 0 aliphatic heterocycles. The Balaban J connectivity index is 1.96. The zero-order valence-corrected chi connectivity index (χ0v) is 15.4. The van der Waals surface area contributed by atoms with Crippen LogP contribution in [0.3, 0.4) is 0 Å². The Kier molecular flexibility index (Phi) is 5.75. The van der Waals surface area contributed by atoms with E-state index in [4.69, 9.17) is 26.8 Å². The summed E-state index contributed by atoms with van der Waals surface area (Å²) in [6.07, 6.45) is 0. The maximum Gasteiger partial charge on any atom is 0.357 e. The minimum Gasteiger partial charge on any atom is -0.492 e. The zero-order chi connectivity index (χ0) is 20.3. The van der Waals surface area contributed by atoms with Gasteiger partial charge in [0, 0.05) is 5.56 Å². The number of ether oxygens (including phenoxy) is 2. The first-order valence-corrected chi connectivity index (χ1v) is 8.45. The van der Waals surface area contributed by atoms with E-state index in [2.05, 4.69) is 4.98 Å². The Morgan fingerprint density at radius 1 is 1.14 bits per heavy atom. The van der Waals surface area contributed by atoms with Crippen LogP contribution in [0.15, 0.2) is 48.5 Å². The van der Waals surface area contributed by atoms with Crippen molar-refractivity contribution in [2.24, 2.45) is 0 Å². The Morgan fingerprint density at radius 3 is 2.54 bits per heavy atom. The third-order valence-corrected chi connectivity index (χ3v) is 4.19. The first-order chi connectivity index (χ1) is 13.4. The highest BCUT2D eigenvalue weighted by molar-refractivity contribution is 6.32. The van der Waals surface area contributed by atoms with Crippen molar-refractivity contribution in [3.05, 3.63) is 76.4 Å². The van der Waals surface area contributed by atoms with Crippen LogP contribution in [0.25, 0.3) is 11.3 Å². The molecule has 0 spiro atoms. The van der Waals surface area contributed by atoms with Gasteiger partial charge in [-0.05, 0) is 23.8 Å². The molecule has 1 aromatic heterocycles. The Labute approximate surface area is 164 Å². The molecular formula is C20H14ClF2N2O3. The van der Waals surface area contributed by atoms with Crippen molar-refractivity contribution in [2.45, 2.75) is 6.61 Å². The molecule has 0 aliphatic carbocycles. The lowest BCUT2D eigenvalue weighted by Crippen LogP contribution is -2.10. The standard InChI is InChI=1S/C20H14ClF2N2O3/c1-27-19-13(21)8-7-12(16(19)22)18-17(23)14(24)9-15(25-18)20(26)28-10-11-5-3-2-4-6-11/h2-9,24H,10H2,1H3. The normalized spacial score (nSPS) is 10.6. The summed E-state index contributed by atoms with van der Waals surface area (Å²) in [5, 5.41) is -0.00585. The summed E-state index contributed by atoms with van der Waals surface area (Å²) in [5.41, 5.74) is 6.77. The van der Waals surface area contributed by atoms with Crippen molar-refractivity contribution in [2.75, 3.05) is 7.11 Å². The van der Waals surface area contributed by atoms with E-state index in [1.54, 1.807) is 24.3 Å². The minimum atomic E-state index is -1.08. The molecule has 3 rings (SSSR count). The second-order valence-corrected chi connectivity index (χ2v) is 6.13. The van der Waals surface area contributed by atoms with Gasteiger partial charge >= 0.3 is 5.97 Å². The molecule has 28 heavy (non-hydrogen) atoms. The number of hydrogen-bond acceptors (Lipinski definition) is 4. The summed E-state index contributed by atoms with van der Waals surface area (Å²) in [6.45, 7) is -0.0233. The van der Waals surface area contributed by atoms with Crippen LogP contribution in [-0.4, -0.2) is 18.1 Å². The van der Waals surface area contributed by atoms with Crippen molar-refractivity contribution < 1.29 is 23.0 Å². The Bertz CT molecular complexity index is 1030. The van der Waals surface area contributed by atoms with E-state index in [9.17, 15) is 13.6 Å². The molecule has 0 amide bonds. The lowest BCUT2D eigenvalue weighted by atomic mass is 10.1. The lowest BCUT2D eigenvalue weighted by Gasteiger charge is -2.12. The molecule has 0 saturated carbocycles. The largest absolute Gasteiger partial charge is 0.492 e. The van der Waals surface area contributed by atoms with Gasteiger partial charge in [0.25, 0.3) is 0 Å². The second-order valence-electron chi connectivity index (χ2n) is 5.72. The second kappa shape index (κ2) is 8.22. The summed E-state index contributed by atoms with van der Waals surface area (Å²) >= 11 is 5.85. The van der Waals surface area contributed by atoms with E-state index in [-0.39, 0.29) is 28.6 Å². The molecule has 1 radical (unpaired) electrons. The van der Waals surface area contributed by atoms with Gasteiger partial charge in [0.1, 0.15) is 12.3 Å². The Morgan fingerprint density at radius 2 is 1.86 bits per heavy atom. The molecule has 2 aromatic carbocycles. The van der Waals surface area contributed by atoms with Gasteiger partial charge in [-0.15, -0.1) is 0 Å². The van der Waals surface area contributed by atoms with E-state index in [0.717, 1.165) is 11.6 Å². The highest BCUT2D eigenvalue weighted by Gasteiger charge is 2.23. The number of rotatable bonds is 5. The summed E-state index contributed by atoms with van der Waals surface area (Å²) in [4.78, 5) is 16.2. The summed E-state index contributed by atoms with van der Waals surface area (Å²) < 4.78 is 39.1. The number of benzene rings is 2. The number of halogens is 3. The predicted molar refractivity (Wildman–Crippen MR) is 99.5 cm³/mol. The smallest absolute Gasteiger partial charge is 0.357 e. The summed E-state index contributed by atoms with van der Waals surface area (Å²) in [6, 6.07) is 12.4. The molecule has 0 unspecified atom stereocenters. The topological polar surface area (TPSA) is 72.2 Å². The first kappa shape index (κ1) is 19.6. The van der Waals surface area contributed by atoms with E-state index >= 15 is 0 Å². The highest BCUT2D eigenvalue weighted by atomic mass is 35.5. The fraction of sp³-hybridized carbons (Fsp3) is 0.100. The van der Waals surface area contributed by atoms with E-state index in [1.165, 1.54) is 19.2 Å². The van der Waals surface area contributed by atoms with Crippen molar-refractivity contribution in [3.8, 4) is 17.0 Å². The lowest BCUT2D eigenvalue weighted by molar-refractivity contribution is 0.0466. The van der Waals surface area contributed by atoms with Crippen LogP contribution in [0.4, 0.5) is 14.5 Å². The van der Waals surface area contributed by atoms with Gasteiger partial charge in [-0.25, -0.2) is 18.6 Å². The average Bonchev–Trinajstić information content (AvgIpc) is 2.70. The molecule has 0 bridgehead atoms. The maximum atomic E-state index is 14.6. The molecule has 0 atom stereocenters. The van der Waals surface area contributed by atoms with E-state index in [0.29, 0.717) is 0 Å². The number of nitrogens with one attached hydrogen (secondary N) is 1. The molecule has 0 saturated heterocycles. The van der Waals surface area contributed by atoms with Crippen molar-refractivity contribution in [1.82, 2.24) is 10.7 Å². The van der Waals surface area contributed by atoms with Gasteiger partial charge in [-0.3, -0.25) is 5.73 Å². The zero-order valence-electron chi connectivity index (χ0n) is 14.6. The number of methoxy groups -OCH3 is 1. The van der Waals surface area contributed by atoms with Crippen molar-refractivity contribution >= 4 is 23.3 Å². The average molecular weight is 404 g/mol. The first-order valence-electron chi connectivity index (χ1n) is 8.08. The van der Waals surface area contributed by atoms with Gasteiger partial charge in [0.15, 0.2) is 23.1 Å². The van der Waals surface area contributed by atoms with Crippen LogP contribution in [-0.2, 0) is 11.3 Å². The maximum absolute atomic E-state index is 14.6. The van der Waals surface area contributed by atoms with Crippen LogP contribution in [0.1, 0.15) is 16.1 Å². The predicted octanol–water partition coefficient (Wildman–Crippen LogP) is 4.96. The van der Waals surface area contributed by atoms with Gasteiger partial charge < -0.3 is 9.47 Å². The summed E-state index contributed by atoms with van der Waals surface area (Å²) in [7, 11) is 1.21. The number of carbonyl (C=O) groups excluding carboxylic acids is 1. The molecule has 1 N–H and O–H groups in total. The molecule has 0 aliphatic rings. The van der Waals surface area contributed by atoms with Crippen LogP contribution < -0.4 is 10.5 Å². The molecule has 143 valence electrons. The summed E-state index contributed by atoms with van der Waals surface area (Å²) in [5.74, 6) is -3.18. The van der Waals surface area contributed by atoms with Crippen molar-refractivity contribution in [1.29, 1.82) is 0 Å². The Hall–Kier alpha value is -3.19. The van der Waals surface area contributed by atoms with E-state index in [1.807, 2.05) is 6.07 Å². The van der Waals surface area contributed by atoms with Crippen LogP contribution in [0, 0.1) is 11.6 Å². The molecule has 1 heterocycles. The van der Waals surface area contributed by atoms with Gasteiger partial charge in [-0.2, -0.15) is 0 Å². The van der Waals surface area contributed by atoms with Crippen molar-refractivity contribution in [3.63, 3.8) is 0 Å².